The van der Waals surface area contributed by atoms with Crippen molar-refractivity contribution in [2.45, 2.75) is 75.4 Å². The summed E-state index contributed by atoms with van der Waals surface area (Å²) >= 11 is 6.40. The molecule has 12 heteroatoms. The van der Waals surface area contributed by atoms with Crippen LogP contribution in [0.5, 0.6) is 23.0 Å². The zero-order chi connectivity index (χ0) is 38.6. The van der Waals surface area contributed by atoms with E-state index in [1.54, 1.807) is 49.0 Å². The highest BCUT2D eigenvalue weighted by Crippen LogP contribution is 2.62. The second-order valence-electron chi connectivity index (χ2n) is 14.5. The Labute approximate surface area is 341 Å². The number of methoxy groups -OCH3 is 2. The summed E-state index contributed by atoms with van der Waals surface area (Å²) in [6.07, 6.45) is 13.7. The van der Waals surface area contributed by atoms with E-state index in [0.717, 1.165) is 102 Å². The van der Waals surface area contributed by atoms with Crippen molar-refractivity contribution < 1.29 is 18.9 Å². The number of fused-ring (bicyclic) bond motifs is 8. The zero-order valence-corrected chi connectivity index (χ0v) is 34.0. The number of benzene rings is 1. The number of hydrogen-bond donors (Lipinski definition) is 0. The molecule has 278 valence electrons. The van der Waals surface area contributed by atoms with Crippen molar-refractivity contribution in [3.63, 3.8) is 0 Å². The van der Waals surface area contributed by atoms with Crippen LogP contribution in [-0.4, -0.2) is 14.2 Å². The number of allylic oxidation sites excluding steroid dienone is 2. The van der Waals surface area contributed by atoms with E-state index in [1.165, 1.54) is 57.8 Å². The van der Waals surface area contributed by atoms with Gasteiger partial charge >= 0.3 is 0 Å². The van der Waals surface area contributed by atoms with Crippen molar-refractivity contribution in [3.8, 4) is 87.7 Å². The molecule has 6 heterocycles. The van der Waals surface area contributed by atoms with Crippen LogP contribution in [0.3, 0.4) is 0 Å². The van der Waals surface area contributed by atoms with Crippen LogP contribution in [0.15, 0.2) is 47.5 Å². The van der Waals surface area contributed by atoms with Crippen molar-refractivity contribution in [2.24, 2.45) is 0 Å². The van der Waals surface area contributed by atoms with E-state index < -0.39 is 11.2 Å². The van der Waals surface area contributed by atoms with Gasteiger partial charge in [0, 0.05) is 44.1 Å². The molecule has 0 amide bonds. The van der Waals surface area contributed by atoms with E-state index in [-0.39, 0.29) is 11.1 Å². The molecule has 0 N–H and O–H groups in total. The summed E-state index contributed by atoms with van der Waals surface area (Å²) in [6, 6.07) is 20.8. The lowest BCUT2D eigenvalue weighted by atomic mass is 9.71. The van der Waals surface area contributed by atoms with Gasteiger partial charge in [0.1, 0.15) is 69.6 Å². The first-order valence-corrected chi connectivity index (χ1v) is 21.9. The fraction of sp³-hybridized carbons (Fsp3) is 0.318. The number of nitrogens with zero attached hydrogens (tertiary/aromatic N) is 4. The van der Waals surface area contributed by atoms with Crippen LogP contribution in [-0.2, 0) is 11.2 Å². The largest absolute Gasteiger partial charge is 0.495 e. The van der Waals surface area contributed by atoms with Crippen LogP contribution in [0, 0.1) is 45.3 Å². The highest BCUT2D eigenvalue weighted by molar-refractivity contribution is 7.25. The number of rotatable bonds is 6. The molecule has 8 nitrogen and oxygen atoms in total. The van der Waals surface area contributed by atoms with Gasteiger partial charge in [-0.3, -0.25) is 0 Å². The van der Waals surface area contributed by atoms with Crippen LogP contribution in [0.4, 0.5) is 0 Å². The second kappa shape index (κ2) is 14.3. The summed E-state index contributed by atoms with van der Waals surface area (Å²) in [5.74, 6) is 3.18. The summed E-state index contributed by atoms with van der Waals surface area (Å²) < 4.78 is 26.1. The third kappa shape index (κ3) is 5.92. The molecule has 9 rings (SSSR count). The Morgan fingerprint density at radius 2 is 0.946 bits per heavy atom. The standard InChI is InChI=1S/C44H34N4O4S4/c1-49-33-15-27(13-25(21-45)22-46)53-41(33)37-19-35-39(55-37)29-17-32-30(18-31(29)43(51-35)9-5-3-6-10-43)40-36(52-44(32)11-7-4-8-12-44)20-38(56-40)42-34(50-2)16-28(54-42)14-26(23-47)24-48/h13-20H,3-12H2,1-2H3. The zero-order valence-electron chi connectivity index (χ0n) is 30.7. The monoisotopic (exact) mass is 810 g/mol. The van der Waals surface area contributed by atoms with Gasteiger partial charge in [0.05, 0.1) is 43.5 Å². The minimum atomic E-state index is -0.453. The van der Waals surface area contributed by atoms with E-state index in [1.807, 2.05) is 36.4 Å². The van der Waals surface area contributed by atoms with Crippen molar-refractivity contribution in [1.82, 2.24) is 0 Å². The highest BCUT2D eigenvalue weighted by Gasteiger charge is 2.48. The predicted molar refractivity (Wildman–Crippen MR) is 222 cm³/mol. The van der Waals surface area contributed by atoms with Crippen LogP contribution >= 0.6 is 45.3 Å². The molecular weight excluding hydrogens is 777 g/mol. The SMILES string of the molecule is COc1cc(C=C(C#N)C#N)sc1-c1cc2c(s1)-c1cc3c(cc1C1(CCCCC1)O2)-c1sc(-c2sc(C=C(C#N)C#N)cc2OC)cc1OC31CCCCC1. The number of nitriles is 4. The van der Waals surface area contributed by atoms with Crippen molar-refractivity contribution in [1.29, 1.82) is 21.0 Å². The fourth-order valence-electron chi connectivity index (χ4n) is 8.79. The van der Waals surface area contributed by atoms with E-state index >= 15 is 0 Å². The Morgan fingerprint density at radius 1 is 0.554 bits per heavy atom. The average molecular weight is 811 g/mol. The van der Waals surface area contributed by atoms with Crippen molar-refractivity contribution >= 4 is 57.5 Å². The summed E-state index contributed by atoms with van der Waals surface area (Å²) in [6.45, 7) is 0. The maximum atomic E-state index is 9.40. The molecule has 4 aromatic heterocycles. The Morgan fingerprint density at radius 3 is 1.30 bits per heavy atom. The van der Waals surface area contributed by atoms with Gasteiger partial charge in [0.25, 0.3) is 0 Å². The minimum absolute atomic E-state index is 0.0494. The maximum absolute atomic E-state index is 9.40. The first-order valence-electron chi connectivity index (χ1n) is 18.6. The molecule has 0 radical (unpaired) electrons. The molecular formula is C44H34N4O4S4. The van der Waals surface area contributed by atoms with Gasteiger partial charge in [0.15, 0.2) is 0 Å². The number of thiophene rings is 4. The summed E-state index contributed by atoms with van der Waals surface area (Å²) in [5.41, 5.74) is 4.10. The fourth-order valence-corrected chi connectivity index (χ4v) is 13.4. The van der Waals surface area contributed by atoms with E-state index in [4.69, 9.17) is 18.9 Å². The van der Waals surface area contributed by atoms with Crippen molar-refractivity contribution in [2.75, 3.05) is 14.2 Å². The predicted octanol–water partition coefficient (Wildman–Crippen LogP) is 12.6. The van der Waals surface area contributed by atoms with Gasteiger partial charge in [-0.15, -0.1) is 45.3 Å². The maximum Gasteiger partial charge on any atom is 0.139 e. The van der Waals surface area contributed by atoms with Crippen LogP contribution in [0.25, 0.3) is 52.5 Å². The van der Waals surface area contributed by atoms with Crippen molar-refractivity contribution in [3.05, 3.63) is 68.4 Å². The lowest BCUT2D eigenvalue weighted by Crippen LogP contribution is -2.40. The van der Waals surface area contributed by atoms with Gasteiger partial charge in [0.2, 0.25) is 0 Å². The number of ether oxygens (including phenoxy) is 4. The lowest BCUT2D eigenvalue weighted by Gasteiger charge is -2.45. The van der Waals surface area contributed by atoms with Gasteiger partial charge in [-0.25, -0.2) is 0 Å². The van der Waals surface area contributed by atoms with Gasteiger partial charge in [-0.05, 0) is 87.8 Å². The molecule has 1 aromatic carbocycles. The Hall–Kier alpha value is -5.34. The first-order chi connectivity index (χ1) is 27.3. The normalized spacial score (nSPS) is 16.5. The smallest absolute Gasteiger partial charge is 0.139 e. The molecule has 0 saturated heterocycles. The van der Waals surface area contributed by atoms with Crippen LogP contribution < -0.4 is 18.9 Å². The number of hydrogen-bond acceptors (Lipinski definition) is 12. The highest BCUT2D eigenvalue weighted by atomic mass is 32.1. The second-order valence-corrected chi connectivity index (χ2v) is 18.8. The summed E-state index contributed by atoms with van der Waals surface area (Å²) in [7, 11) is 3.30. The minimum Gasteiger partial charge on any atom is -0.495 e. The molecule has 0 bridgehead atoms. The lowest BCUT2D eigenvalue weighted by molar-refractivity contribution is 0.0206. The quantitative estimate of drug-likeness (QED) is 0.155. The molecule has 4 aliphatic rings. The van der Waals surface area contributed by atoms with E-state index in [0.29, 0.717) is 11.5 Å². The Kier molecular flexibility index (Phi) is 9.28. The molecule has 56 heavy (non-hydrogen) atoms. The first kappa shape index (κ1) is 36.3. The van der Waals surface area contributed by atoms with Crippen LogP contribution in [0.2, 0.25) is 0 Å². The van der Waals surface area contributed by atoms with Gasteiger partial charge in [-0.1, -0.05) is 12.8 Å². The molecule has 2 fully saturated rings. The van der Waals surface area contributed by atoms with E-state index in [9.17, 15) is 21.0 Å². The molecule has 2 spiro atoms. The summed E-state index contributed by atoms with van der Waals surface area (Å²) in [5, 5.41) is 37.6. The summed E-state index contributed by atoms with van der Waals surface area (Å²) in [4.78, 5) is 7.68. The molecule has 2 aliphatic carbocycles. The topological polar surface area (TPSA) is 132 Å². The molecule has 2 saturated carbocycles. The Bertz CT molecular complexity index is 2440. The molecule has 2 aliphatic heterocycles. The third-order valence-corrected chi connectivity index (χ3v) is 16.1. The average Bonchev–Trinajstić information content (AvgIpc) is 4.04. The van der Waals surface area contributed by atoms with E-state index in [2.05, 4.69) is 24.3 Å². The molecule has 0 atom stereocenters. The molecule has 0 unspecified atom stereocenters. The van der Waals surface area contributed by atoms with Gasteiger partial charge < -0.3 is 18.9 Å². The Balaban J connectivity index is 1.22. The molecule has 5 aromatic rings. The third-order valence-electron chi connectivity index (χ3n) is 11.3. The van der Waals surface area contributed by atoms with Crippen LogP contribution in [0.1, 0.15) is 85.1 Å². The van der Waals surface area contributed by atoms with Gasteiger partial charge in [-0.2, -0.15) is 21.0 Å².